The lowest BCUT2D eigenvalue weighted by atomic mass is 10.1. The number of aromatic nitrogens is 2. The molecule has 1 amide bonds. The molecule has 0 spiro atoms. The first-order chi connectivity index (χ1) is 16.1. The summed E-state index contributed by atoms with van der Waals surface area (Å²) in [6.45, 7) is 2.06. The zero-order valence-corrected chi connectivity index (χ0v) is 17.8. The van der Waals surface area contributed by atoms with Crippen molar-refractivity contribution in [1.82, 2.24) is 9.97 Å². The number of Topliss-reactive ketones (excluding diaryl/α,β-unsaturated/α-hetero) is 1. The van der Waals surface area contributed by atoms with Gasteiger partial charge in [0, 0.05) is 17.4 Å². The minimum absolute atomic E-state index is 0.0436. The molecule has 2 aliphatic heterocycles. The maximum atomic E-state index is 12.3. The Bertz CT molecular complexity index is 1130. The third-order valence-corrected chi connectivity index (χ3v) is 5.55. The van der Waals surface area contributed by atoms with Gasteiger partial charge in [0.25, 0.3) is 0 Å². The lowest BCUT2D eigenvalue weighted by Crippen LogP contribution is -2.38. The van der Waals surface area contributed by atoms with E-state index in [0.29, 0.717) is 35.3 Å². The second kappa shape index (κ2) is 9.00. The van der Waals surface area contributed by atoms with Gasteiger partial charge in [0.1, 0.15) is 17.9 Å². The number of carbonyl (C=O) groups excluding carboxylic acids is 2. The van der Waals surface area contributed by atoms with Crippen LogP contribution in [-0.4, -0.2) is 59.4 Å². The summed E-state index contributed by atoms with van der Waals surface area (Å²) in [5.41, 5.74) is 1.76. The standard InChI is InChI=1S/C23H22N4O6/c1-13(28)14-4-6-15(7-5-14)25-23(29)33-19-12-32-20-17(11-31-21(19)20)27-22-24-9-8-16(26-22)18-3-2-10-30-18/h2-10,17,19-21H,11-12H2,1H3,(H,25,29)(H,24,26,27). The summed E-state index contributed by atoms with van der Waals surface area (Å²) >= 11 is 0. The normalized spacial score (nSPS) is 23.7. The average Bonchev–Trinajstić information content (AvgIpc) is 3.55. The van der Waals surface area contributed by atoms with E-state index in [1.54, 1.807) is 48.9 Å². The van der Waals surface area contributed by atoms with Gasteiger partial charge in [-0.2, -0.15) is 0 Å². The van der Waals surface area contributed by atoms with E-state index in [4.69, 9.17) is 18.6 Å². The molecule has 2 N–H and O–H groups in total. The number of carbonyl (C=O) groups is 2. The predicted molar refractivity (Wildman–Crippen MR) is 117 cm³/mol. The number of rotatable bonds is 6. The van der Waals surface area contributed by atoms with Gasteiger partial charge in [0.15, 0.2) is 17.6 Å². The molecule has 0 saturated carbocycles. The zero-order valence-electron chi connectivity index (χ0n) is 17.8. The number of anilines is 2. The Labute approximate surface area is 189 Å². The van der Waals surface area contributed by atoms with Crippen LogP contribution in [0.2, 0.25) is 0 Å². The van der Waals surface area contributed by atoms with Gasteiger partial charge in [0.2, 0.25) is 5.95 Å². The minimum atomic E-state index is -0.616. The van der Waals surface area contributed by atoms with Crippen molar-refractivity contribution in [3.63, 3.8) is 0 Å². The number of nitrogens with zero attached hydrogens (tertiary/aromatic N) is 2. The van der Waals surface area contributed by atoms with Crippen molar-refractivity contribution in [3.05, 3.63) is 60.5 Å². The van der Waals surface area contributed by atoms with Crippen LogP contribution in [0.25, 0.3) is 11.5 Å². The van der Waals surface area contributed by atoms with E-state index in [1.807, 2.05) is 6.07 Å². The molecule has 3 aromatic rings. The van der Waals surface area contributed by atoms with Gasteiger partial charge >= 0.3 is 6.09 Å². The van der Waals surface area contributed by atoms with Crippen LogP contribution >= 0.6 is 0 Å². The summed E-state index contributed by atoms with van der Waals surface area (Å²) in [5.74, 6) is 1.03. The summed E-state index contributed by atoms with van der Waals surface area (Å²) in [6.07, 6.45) is 1.36. The molecule has 0 bridgehead atoms. The average molecular weight is 450 g/mol. The Morgan fingerprint density at radius 3 is 2.64 bits per heavy atom. The highest BCUT2D eigenvalue weighted by molar-refractivity contribution is 5.95. The van der Waals surface area contributed by atoms with Gasteiger partial charge in [-0.3, -0.25) is 10.1 Å². The van der Waals surface area contributed by atoms with Crippen molar-refractivity contribution in [2.24, 2.45) is 0 Å². The van der Waals surface area contributed by atoms with Crippen molar-refractivity contribution in [3.8, 4) is 11.5 Å². The second-order valence-corrected chi connectivity index (χ2v) is 7.79. The summed E-state index contributed by atoms with van der Waals surface area (Å²) < 4.78 is 22.7. The van der Waals surface area contributed by atoms with Crippen LogP contribution in [0.4, 0.5) is 16.4 Å². The fourth-order valence-electron chi connectivity index (χ4n) is 3.92. The SMILES string of the molecule is CC(=O)c1ccc(NC(=O)OC2COC3C(Nc4nccc(-c5ccco5)n4)COC23)cc1. The molecule has 33 heavy (non-hydrogen) atoms. The third-order valence-electron chi connectivity index (χ3n) is 5.55. The van der Waals surface area contributed by atoms with Crippen molar-refractivity contribution in [2.45, 2.75) is 31.3 Å². The molecular formula is C23H22N4O6. The molecule has 0 aliphatic carbocycles. The van der Waals surface area contributed by atoms with Gasteiger partial charge in [-0.15, -0.1) is 0 Å². The molecule has 170 valence electrons. The number of amides is 1. The Morgan fingerprint density at radius 2 is 1.88 bits per heavy atom. The number of hydrogen-bond donors (Lipinski definition) is 2. The maximum Gasteiger partial charge on any atom is 0.412 e. The first-order valence-corrected chi connectivity index (χ1v) is 10.5. The molecule has 4 atom stereocenters. The topological polar surface area (TPSA) is 125 Å². The molecule has 0 radical (unpaired) electrons. The molecular weight excluding hydrogens is 428 g/mol. The Balaban J connectivity index is 1.17. The number of nitrogens with one attached hydrogen (secondary N) is 2. The summed E-state index contributed by atoms with van der Waals surface area (Å²) in [7, 11) is 0. The second-order valence-electron chi connectivity index (χ2n) is 7.79. The van der Waals surface area contributed by atoms with E-state index in [0.717, 1.165) is 0 Å². The first-order valence-electron chi connectivity index (χ1n) is 10.5. The quantitative estimate of drug-likeness (QED) is 0.545. The summed E-state index contributed by atoms with van der Waals surface area (Å²) in [5, 5.41) is 5.90. The monoisotopic (exact) mass is 450 g/mol. The van der Waals surface area contributed by atoms with Crippen LogP contribution in [-0.2, 0) is 14.2 Å². The van der Waals surface area contributed by atoms with Gasteiger partial charge in [0.05, 0.1) is 25.5 Å². The Hall–Kier alpha value is -3.76. The molecule has 10 nitrogen and oxygen atoms in total. The van der Waals surface area contributed by atoms with E-state index < -0.39 is 18.3 Å². The van der Waals surface area contributed by atoms with Gasteiger partial charge in [-0.05, 0) is 49.4 Å². The van der Waals surface area contributed by atoms with E-state index in [9.17, 15) is 9.59 Å². The Kier molecular flexibility index (Phi) is 5.76. The van der Waals surface area contributed by atoms with E-state index in [1.165, 1.54) is 6.92 Å². The molecule has 2 aliphatic rings. The molecule has 5 rings (SSSR count). The Morgan fingerprint density at radius 1 is 1.06 bits per heavy atom. The lowest BCUT2D eigenvalue weighted by molar-refractivity contribution is 0.00917. The number of ether oxygens (including phenoxy) is 3. The fraction of sp³-hybridized carbons (Fsp3) is 0.304. The largest absolute Gasteiger partial charge is 0.463 e. The lowest BCUT2D eigenvalue weighted by Gasteiger charge is -2.18. The summed E-state index contributed by atoms with van der Waals surface area (Å²) in [4.78, 5) is 32.5. The highest BCUT2D eigenvalue weighted by Gasteiger charge is 2.49. The van der Waals surface area contributed by atoms with Crippen LogP contribution in [0.1, 0.15) is 17.3 Å². The highest BCUT2D eigenvalue weighted by atomic mass is 16.6. The number of ketones is 1. The van der Waals surface area contributed by atoms with Crippen LogP contribution in [0.3, 0.4) is 0 Å². The first kappa shape index (κ1) is 21.1. The van der Waals surface area contributed by atoms with E-state index >= 15 is 0 Å². The van der Waals surface area contributed by atoms with Gasteiger partial charge in [-0.25, -0.2) is 14.8 Å². The van der Waals surface area contributed by atoms with Crippen molar-refractivity contribution in [2.75, 3.05) is 23.8 Å². The van der Waals surface area contributed by atoms with Crippen molar-refractivity contribution < 1.29 is 28.2 Å². The molecule has 4 heterocycles. The number of hydrogen-bond acceptors (Lipinski definition) is 9. The number of furan rings is 1. The third kappa shape index (κ3) is 4.57. The van der Waals surface area contributed by atoms with Crippen LogP contribution in [0.5, 0.6) is 0 Å². The molecule has 10 heteroatoms. The molecule has 1 aromatic carbocycles. The van der Waals surface area contributed by atoms with Gasteiger partial charge < -0.3 is 23.9 Å². The van der Waals surface area contributed by atoms with Crippen LogP contribution in [0.15, 0.2) is 59.3 Å². The van der Waals surface area contributed by atoms with E-state index in [2.05, 4.69) is 20.6 Å². The molecule has 2 fully saturated rings. The van der Waals surface area contributed by atoms with Crippen molar-refractivity contribution in [1.29, 1.82) is 0 Å². The zero-order chi connectivity index (χ0) is 22.8. The van der Waals surface area contributed by atoms with Crippen LogP contribution < -0.4 is 10.6 Å². The van der Waals surface area contributed by atoms with E-state index in [-0.39, 0.29) is 24.5 Å². The molecule has 4 unspecified atom stereocenters. The van der Waals surface area contributed by atoms with Gasteiger partial charge in [-0.1, -0.05) is 0 Å². The smallest absolute Gasteiger partial charge is 0.412 e. The van der Waals surface area contributed by atoms with Crippen LogP contribution in [0, 0.1) is 0 Å². The minimum Gasteiger partial charge on any atom is -0.463 e. The highest BCUT2D eigenvalue weighted by Crippen LogP contribution is 2.31. The molecule has 2 saturated heterocycles. The number of benzene rings is 1. The summed E-state index contributed by atoms with van der Waals surface area (Å²) in [6, 6.07) is 11.8. The fourth-order valence-corrected chi connectivity index (χ4v) is 3.92. The molecule has 2 aromatic heterocycles. The number of fused-ring (bicyclic) bond motifs is 1. The predicted octanol–water partition coefficient (Wildman–Crippen LogP) is 3.13. The van der Waals surface area contributed by atoms with Crippen molar-refractivity contribution >= 4 is 23.5 Å². The maximum absolute atomic E-state index is 12.3.